The number of halogens is 2. The summed E-state index contributed by atoms with van der Waals surface area (Å²) in [6, 6.07) is 22.9. The molecule has 1 unspecified atom stereocenters. The van der Waals surface area contributed by atoms with Crippen molar-refractivity contribution in [3.8, 4) is 11.1 Å². The van der Waals surface area contributed by atoms with Crippen molar-refractivity contribution in [3.05, 3.63) is 93.5 Å². The van der Waals surface area contributed by atoms with Gasteiger partial charge in [-0.1, -0.05) is 65.7 Å². The molecule has 0 spiro atoms. The minimum absolute atomic E-state index is 0.529. The van der Waals surface area contributed by atoms with E-state index in [1.54, 1.807) is 6.07 Å². The molecule has 1 aliphatic carbocycles. The van der Waals surface area contributed by atoms with E-state index in [1.165, 1.54) is 18.4 Å². The molecular formula is C27H24Cl2N4. The van der Waals surface area contributed by atoms with Gasteiger partial charge in [0.25, 0.3) is 0 Å². The fraction of sp³-hybridized carbons (Fsp3) is 0.259. The fourth-order valence-corrected chi connectivity index (χ4v) is 5.58. The zero-order valence-corrected chi connectivity index (χ0v) is 19.7. The van der Waals surface area contributed by atoms with E-state index >= 15 is 0 Å². The third-order valence-electron chi connectivity index (χ3n) is 6.77. The van der Waals surface area contributed by atoms with E-state index in [0.29, 0.717) is 21.9 Å². The lowest BCUT2D eigenvalue weighted by Gasteiger charge is -2.33. The van der Waals surface area contributed by atoms with Gasteiger partial charge in [-0.15, -0.1) is 0 Å². The van der Waals surface area contributed by atoms with Crippen molar-refractivity contribution >= 4 is 35.0 Å². The maximum Gasteiger partial charge on any atom is 0.198 e. The molecule has 0 saturated heterocycles. The van der Waals surface area contributed by atoms with Gasteiger partial charge in [0.2, 0.25) is 0 Å². The van der Waals surface area contributed by atoms with Crippen LogP contribution >= 0.6 is 23.2 Å². The van der Waals surface area contributed by atoms with Gasteiger partial charge in [0, 0.05) is 23.1 Å². The van der Waals surface area contributed by atoms with Crippen LogP contribution in [0, 0.1) is 0 Å². The molecule has 2 aliphatic heterocycles. The van der Waals surface area contributed by atoms with Crippen LogP contribution in [0.25, 0.3) is 11.1 Å². The average molecular weight is 475 g/mol. The summed E-state index contributed by atoms with van der Waals surface area (Å²) in [7, 11) is 0. The molecule has 1 fully saturated rings. The topological polar surface area (TPSA) is 54.0 Å². The number of nitrogens with zero attached hydrogens (tertiary/aromatic N) is 3. The van der Waals surface area contributed by atoms with Crippen molar-refractivity contribution in [2.75, 3.05) is 13.1 Å². The van der Waals surface area contributed by atoms with E-state index < -0.39 is 5.54 Å². The first-order chi connectivity index (χ1) is 16.0. The Labute approximate surface area is 203 Å². The van der Waals surface area contributed by atoms with Crippen LogP contribution in [0.3, 0.4) is 0 Å². The molecule has 3 aromatic carbocycles. The standard InChI is InChI=1S/C27H24Cl2N4/c28-23-14-20(15-24(29)16-23)19-5-2-7-22(13-19)27(21-6-1-4-18(12-21)17-8-9-17)25-31-10-3-11-33(25)26(30)32-27/h1-2,4-7,12-17H,3,8-11H2,(H2,30,32). The van der Waals surface area contributed by atoms with E-state index in [0.717, 1.165) is 47.6 Å². The van der Waals surface area contributed by atoms with Crippen LogP contribution in [0.4, 0.5) is 0 Å². The Bertz CT molecular complexity index is 1290. The molecule has 0 radical (unpaired) electrons. The number of benzene rings is 3. The van der Waals surface area contributed by atoms with Crippen LogP contribution in [0.2, 0.25) is 10.0 Å². The minimum atomic E-state index is -0.770. The van der Waals surface area contributed by atoms with Gasteiger partial charge < -0.3 is 5.73 Å². The Morgan fingerprint density at radius 2 is 1.61 bits per heavy atom. The maximum absolute atomic E-state index is 6.50. The van der Waals surface area contributed by atoms with Crippen molar-refractivity contribution in [3.63, 3.8) is 0 Å². The van der Waals surface area contributed by atoms with Gasteiger partial charge in [0.1, 0.15) is 5.84 Å². The molecule has 33 heavy (non-hydrogen) atoms. The van der Waals surface area contributed by atoms with Crippen molar-refractivity contribution in [2.24, 2.45) is 15.7 Å². The summed E-state index contributed by atoms with van der Waals surface area (Å²) in [5.74, 6) is 2.09. The van der Waals surface area contributed by atoms with Crippen molar-refractivity contribution < 1.29 is 0 Å². The molecule has 6 heteroatoms. The van der Waals surface area contributed by atoms with Gasteiger partial charge in [-0.25, -0.2) is 4.99 Å². The van der Waals surface area contributed by atoms with Crippen molar-refractivity contribution in [2.45, 2.75) is 30.7 Å². The first kappa shape index (κ1) is 20.8. The van der Waals surface area contributed by atoms with Crippen LogP contribution in [0.1, 0.15) is 41.9 Å². The Balaban J connectivity index is 1.57. The molecule has 0 aromatic heterocycles. The van der Waals surface area contributed by atoms with Crippen molar-refractivity contribution in [1.82, 2.24) is 4.90 Å². The van der Waals surface area contributed by atoms with Gasteiger partial charge in [-0.3, -0.25) is 9.89 Å². The van der Waals surface area contributed by atoms with Crippen LogP contribution in [-0.2, 0) is 5.54 Å². The maximum atomic E-state index is 6.50. The number of guanidine groups is 1. The highest BCUT2D eigenvalue weighted by molar-refractivity contribution is 6.35. The number of fused-ring (bicyclic) bond motifs is 1. The second kappa shape index (κ2) is 7.89. The molecule has 3 aliphatic rings. The normalized spacial score (nSPS) is 22.1. The van der Waals surface area contributed by atoms with E-state index in [9.17, 15) is 0 Å². The third-order valence-corrected chi connectivity index (χ3v) is 7.21. The highest BCUT2D eigenvalue weighted by atomic mass is 35.5. The second-order valence-corrected chi connectivity index (χ2v) is 9.90. The molecular weight excluding hydrogens is 451 g/mol. The summed E-state index contributed by atoms with van der Waals surface area (Å²) in [5, 5.41) is 1.22. The highest BCUT2D eigenvalue weighted by Crippen LogP contribution is 2.46. The molecule has 6 rings (SSSR count). The summed E-state index contributed by atoms with van der Waals surface area (Å²) in [4.78, 5) is 12.2. The number of hydrogen-bond acceptors (Lipinski definition) is 4. The van der Waals surface area contributed by atoms with Gasteiger partial charge in [0.05, 0.1) is 0 Å². The van der Waals surface area contributed by atoms with Gasteiger partial charge in [-0.2, -0.15) is 0 Å². The first-order valence-corrected chi connectivity index (χ1v) is 12.2. The Morgan fingerprint density at radius 1 is 0.879 bits per heavy atom. The SMILES string of the molecule is NC1=NC(c2cccc(-c3cc(Cl)cc(Cl)c3)c2)(c2cccc(C3CC3)c2)C2=NCCCN12. The number of hydrogen-bond donors (Lipinski definition) is 1. The van der Waals surface area contributed by atoms with Gasteiger partial charge >= 0.3 is 0 Å². The third kappa shape index (κ3) is 3.53. The lowest BCUT2D eigenvalue weighted by molar-refractivity contribution is 0.531. The van der Waals surface area contributed by atoms with E-state index in [1.807, 2.05) is 12.1 Å². The highest BCUT2D eigenvalue weighted by Gasteiger charge is 2.49. The van der Waals surface area contributed by atoms with Crippen LogP contribution in [-0.4, -0.2) is 29.8 Å². The predicted octanol–water partition coefficient (Wildman–Crippen LogP) is 6.21. The summed E-state index contributed by atoms with van der Waals surface area (Å²) in [6.07, 6.45) is 3.47. The molecule has 166 valence electrons. The quantitative estimate of drug-likeness (QED) is 0.488. The van der Waals surface area contributed by atoms with Crippen LogP contribution in [0.5, 0.6) is 0 Å². The Morgan fingerprint density at radius 3 is 2.36 bits per heavy atom. The molecule has 2 heterocycles. The fourth-order valence-electron chi connectivity index (χ4n) is 5.05. The van der Waals surface area contributed by atoms with Crippen molar-refractivity contribution in [1.29, 1.82) is 0 Å². The molecule has 1 atom stereocenters. The summed E-state index contributed by atoms with van der Waals surface area (Å²) < 4.78 is 0. The number of rotatable bonds is 4. The van der Waals surface area contributed by atoms with E-state index in [2.05, 4.69) is 53.4 Å². The average Bonchev–Trinajstić information content (AvgIpc) is 3.63. The van der Waals surface area contributed by atoms with Gasteiger partial charge in [0.15, 0.2) is 11.5 Å². The van der Waals surface area contributed by atoms with Gasteiger partial charge in [-0.05, 0) is 77.3 Å². The van der Waals surface area contributed by atoms with Crippen LogP contribution < -0.4 is 5.73 Å². The minimum Gasteiger partial charge on any atom is -0.369 e. The lowest BCUT2D eigenvalue weighted by atomic mass is 9.80. The summed E-state index contributed by atoms with van der Waals surface area (Å²) in [6.45, 7) is 1.62. The molecule has 2 N–H and O–H groups in total. The Hall–Kier alpha value is -2.82. The van der Waals surface area contributed by atoms with Crippen LogP contribution in [0.15, 0.2) is 76.7 Å². The largest absolute Gasteiger partial charge is 0.369 e. The molecule has 1 saturated carbocycles. The first-order valence-electron chi connectivity index (χ1n) is 11.4. The number of nitrogens with two attached hydrogens (primary N) is 1. The zero-order valence-electron chi connectivity index (χ0n) is 18.1. The molecule has 0 bridgehead atoms. The number of aliphatic imine (C=N–C) groups is 2. The lowest BCUT2D eigenvalue weighted by Crippen LogP contribution is -2.46. The summed E-state index contributed by atoms with van der Waals surface area (Å²) >= 11 is 12.6. The predicted molar refractivity (Wildman–Crippen MR) is 136 cm³/mol. The summed E-state index contributed by atoms with van der Waals surface area (Å²) in [5.41, 5.74) is 11.2. The van der Waals surface area contributed by atoms with E-state index in [-0.39, 0.29) is 0 Å². The molecule has 4 nitrogen and oxygen atoms in total. The number of amidine groups is 1. The van der Waals surface area contributed by atoms with E-state index in [4.69, 9.17) is 38.9 Å². The zero-order chi connectivity index (χ0) is 22.6. The monoisotopic (exact) mass is 474 g/mol. The Kier molecular flexibility index (Phi) is 4.97. The molecule has 3 aromatic rings. The smallest absolute Gasteiger partial charge is 0.198 e. The molecule has 0 amide bonds. The second-order valence-electron chi connectivity index (χ2n) is 9.03.